The van der Waals surface area contributed by atoms with Gasteiger partial charge in [0.15, 0.2) is 11.5 Å². The summed E-state index contributed by atoms with van der Waals surface area (Å²) < 4.78 is 16.2. The third kappa shape index (κ3) is 4.84. The van der Waals surface area contributed by atoms with Gasteiger partial charge >= 0.3 is 0 Å². The second-order valence-corrected chi connectivity index (χ2v) is 7.04. The Hall–Kier alpha value is -3.22. The van der Waals surface area contributed by atoms with Gasteiger partial charge < -0.3 is 24.4 Å². The van der Waals surface area contributed by atoms with Gasteiger partial charge in [0, 0.05) is 19.5 Å². The number of para-hydroxylation sites is 2. The molecule has 30 heavy (non-hydrogen) atoms. The number of hydrogen-bond donors (Lipinski definition) is 1. The molecule has 3 rings (SSSR count). The summed E-state index contributed by atoms with van der Waals surface area (Å²) in [4.78, 5) is 26.8. The van der Waals surface area contributed by atoms with Gasteiger partial charge in [0.25, 0.3) is 0 Å². The number of carbonyl (C=O) groups excluding carboxylic acids is 2. The highest BCUT2D eigenvalue weighted by Gasteiger charge is 2.36. The molecule has 1 fully saturated rings. The maximum Gasteiger partial charge on any atom is 0.227 e. The summed E-state index contributed by atoms with van der Waals surface area (Å²) in [6.07, 6.45) is 0.853. The Balaban J connectivity index is 1.56. The highest BCUT2D eigenvalue weighted by Crippen LogP contribution is 2.33. The molecule has 0 aliphatic carbocycles. The Bertz CT molecular complexity index is 899. The van der Waals surface area contributed by atoms with Crippen LogP contribution >= 0.6 is 0 Å². The zero-order valence-electron chi connectivity index (χ0n) is 17.6. The molecule has 0 unspecified atom stereocenters. The molecule has 0 radical (unpaired) electrons. The Morgan fingerprint density at radius 1 is 1.10 bits per heavy atom. The molecule has 1 atom stereocenters. The van der Waals surface area contributed by atoms with Crippen molar-refractivity contribution < 1.29 is 23.8 Å². The van der Waals surface area contributed by atoms with Crippen molar-refractivity contribution in [2.45, 2.75) is 19.8 Å². The van der Waals surface area contributed by atoms with E-state index in [2.05, 4.69) is 5.32 Å². The Morgan fingerprint density at radius 2 is 1.87 bits per heavy atom. The van der Waals surface area contributed by atoms with E-state index in [0.29, 0.717) is 49.1 Å². The van der Waals surface area contributed by atoms with Crippen LogP contribution in [0.4, 0.5) is 5.69 Å². The summed E-state index contributed by atoms with van der Waals surface area (Å²) in [5.74, 6) is 1.43. The molecule has 0 spiro atoms. The smallest absolute Gasteiger partial charge is 0.227 e. The number of nitrogens with one attached hydrogen (secondary N) is 1. The summed E-state index contributed by atoms with van der Waals surface area (Å²) >= 11 is 0. The summed E-state index contributed by atoms with van der Waals surface area (Å²) in [7, 11) is 3.19. The number of ether oxygens (including phenoxy) is 3. The van der Waals surface area contributed by atoms with E-state index in [9.17, 15) is 9.59 Å². The molecule has 0 saturated carbocycles. The maximum absolute atomic E-state index is 12.6. The van der Waals surface area contributed by atoms with Crippen LogP contribution < -0.4 is 24.4 Å². The fraction of sp³-hybridized carbons (Fsp3) is 0.391. The first-order chi connectivity index (χ1) is 14.6. The largest absolute Gasteiger partial charge is 0.493 e. The van der Waals surface area contributed by atoms with Gasteiger partial charge in [0.2, 0.25) is 11.8 Å². The molecular weight excluding hydrogens is 384 g/mol. The van der Waals surface area contributed by atoms with Crippen LogP contribution in [0.3, 0.4) is 0 Å². The van der Waals surface area contributed by atoms with Gasteiger partial charge in [-0.2, -0.15) is 0 Å². The lowest BCUT2D eigenvalue weighted by Gasteiger charge is -2.20. The Morgan fingerprint density at radius 3 is 2.60 bits per heavy atom. The summed E-state index contributed by atoms with van der Waals surface area (Å²) in [5.41, 5.74) is 1.74. The SMILES string of the molecule is CCOc1ccccc1N1C[C@H](C(=O)NCCc2ccc(OC)c(OC)c2)CC1=O. The highest BCUT2D eigenvalue weighted by molar-refractivity contribution is 6.01. The second kappa shape index (κ2) is 10.0. The zero-order chi connectivity index (χ0) is 21.5. The molecule has 2 aromatic carbocycles. The van der Waals surface area contributed by atoms with Crippen molar-refractivity contribution in [1.29, 1.82) is 0 Å². The lowest BCUT2D eigenvalue weighted by Crippen LogP contribution is -2.34. The van der Waals surface area contributed by atoms with E-state index in [1.165, 1.54) is 0 Å². The van der Waals surface area contributed by atoms with E-state index in [-0.39, 0.29) is 24.2 Å². The van der Waals surface area contributed by atoms with Crippen molar-refractivity contribution >= 4 is 17.5 Å². The number of nitrogens with zero attached hydrogens (tertiary/aromatic N) is 1. The number of anilines is 1. The molecule has 160 valence electrons. The van der Waals surface area contributed by atoms with Gasteiger partial charge in [0.1, 0.15) is 5.75 Å². The van der Waals surface area contributed by atoms with Gasteiger partial charge in [-0.15, -0.1) is 0 Å². The van der Waals surface area contributed by atoms with Crippen LogP contribution in [0.25, 0.3) is 0 Å². The fourth-order valence-corrected chi connectivity index (χ4v) is 3.58. The number of methoxy groups -OCH3 is 2. The van der Waals surface area contributed by atoms with Crippen LogP contribution in [-0.4, -0.2) is 45.7 Å². The first-order valence-corrected chi connectivity index (χ1v) is 10.1. The van der Waals surface area contributed by atoms with E-state index < -0.39 is 0 Å². The van der Waals surface area contributed by atoms with Gasteiger partial charge in [-0.05, 0) is 43.2 Å². The maximum atomic E-state index is 12.6. The van der Waals surface area contributed by atoms with Crippen LogP contribution in [0.5, 0.6) is 17.2 Å². The molecule has 0 bridgehead atoms. The van der Waals surface area contributed by atoms with Gasteiger partial charge in [0.05, 0.1) is 32.4 Å². The highest BCUT2D eigenvalue weighted by atomic mass is 16.5. The number of benzene rings is 2. The van der Waals surface area contributed by atoms with E-state index in [1.807, 2.05) is 49.4 Å². The van der Waals surface area contributed by atoms with E-state index in [4.69, 9.17) is 14.2 Å². The van der Waals surface area contributed by atoms with Gasteiger partial charge in [-0.25, -0.2) is 0 Å². The Kier molecular flexibility index (Phi) is 7.17. The van der Waals surface area contributed by atoms with Crippen molar-refractivity contribution in [2.75, 3.05) is 38.8 Å². The quantitative estimate of drug-likeness (QED) is 0.685. The minimum Gasteiger partial charge on any atom is -0.493 e. The molecule has 7 heteroatoms. The summed E-state index contributed by atoms with van der Waals surface area (Å²) in [5, 5.41) is 2.95. The monoisotopic (exact) mass is 412 g/mol. The van der Waals surface area contributed by atoms with Gasteiger partial charge in [-0.3, -0.25) is 9.59 Å². The van der Waals surface area contributed by atoms with Crippen LogP contribution in [0.1, 0.15) is 18.9 Å². The van der Waals surface area contributed by atoms with Gasteiger partial charge in [-0.1, -0.05) is 18.2 Å². The second-order valence-electron chi connectivity index (χ2n) is 7.04. The van der Waals surface area contributed by atoms with Crippen LogP contribution in [-0.2, 0) is 16.0 Å². The topological polar surface area (TPSA) is 77.1 Å². The van der Waals surface area contributed by atoms with Crippen LogP contribution in [0.2, 0.25) is 0 Å². The lowest BCUT2D eigenvalue weighted by molar-refractivity contribution is -0.126. The summed E-state index contributed by atoms with van der Waals surface area (Å²) in [6.45, 7) is 3.25. The van der Waals surface area contributed by atoms with Crippen LogP contribution in [0.15, 0.2) is 42.5 Å². The first kappa shape index (κ1) is 21.5. The first-order valence-electron chi connectivity index (χ1n) is 10.1. The minimum atomic E-state index is -0.377. The molecular formula is C23H28N2O5. The molecule has 1 aliphatic heterocycles. The molecule has 1 aliphatic rings. The third-order valence-electron chi connectivity index (χ3n) is 5.11. The summed E-state index contributed by atoms with van der Waals surface area (Å²) in [6, 6.07) is 13.1. The average molecular weight is 412 g/mol. The predicted molar refractivity (Wildman–Crippen MR) is 114 cm³/mol. The Labute approximate surface area is 176 Å². The number of rotatable bonds is 9. The normalized spacial score (nSPS) is 15.8. The molecule has 2 amide bonds. The molecule has 0 aromatic heterocycles. The van der Waals surface area contributed by atoms with Crippen molar-refractivity contribution in [2.24, 2.45) is 5.92 Å². The number of carbonyl (C=O) groups is 2. The standard InChI is InChI=1S/C23H28N2O5/c1-4-30-19-8-6-5-7-18(19)25-15-17(14-22(25)26)23(27)24-12-11-16-9-10-20(28-2)21(13-16)29-3/h5-10,13,17H,4,11-12,14-15H2,1-3H3,(H,24,27)/t17-/m1/s1. The third-order valence-corrected chi connectivity index (χ3v) is 5.11. The fourth-order valence-electron chi connectivity index (χ4n) is 3.58. The number of amides is 2. The number of hydrogen-bond acceptors (Lipinski definition) is 5. The van der Waals surface area contributed by atoms with E-state index >= 15 is 0 Å². The van der Waals surface area contributed by atoms with E-state index in [0.717, 1.165) is 5.56 Å². The van der Waals surface area contributed by atoms with Crippen molar-refractivity contribution in [3.8, 4) is 17.2 Å². The van der Waals surface area contributed by atoms with E-state index in [1.54, 1.807) is 19.1 Å². The van der Waals surface area contributed by atoms with Crippen molar-refractivity contribution in [3.63, 3.8) is 0 Å². The predicted octanol–water partition coefficient (Wildman–Crippen LogP) is 2.81. The molecule has 2 aromatic rings. The lowest BCUT2D eigenvalue weighted by atomic mass is 10.1. The molecule has 7 nitrogen and oxygen atoms in total. The molecule has 1 saturated heterocycles. The molecule has 1 N–H and O–H groups in total. The average Bonchev–Trinajstić information content (AvgIpc) is 3.15. The van der Waals surface area contributed by atoms with Crippen molar-refractivity contribution in [3.05, 3.63) is 48.0 Å². The molecule has 1 heterocycles. The van der Waals surface area contributed by atoms with Crippen molar-refractivity contribution in [1.82, 2.24) is 5.32 Å². The minimum absolute atomic E-state index is 0.0674. The van der Waals surface area contributed by atoms with Crippen LogP contribution in [0, 0.1) is 5.92 Å². The zero-order valence-corrected chi connectivity index (χ0v) is 17.6.